The van der Waals surface area contributed by atoms with Gasteiger partial charge < -0.3 is 10.2 Å². The topological polar surface area (TPSA) is 69.7 Å². The van der Waals surface area contributed by atoms with E-state index >= 15 is 0 Å². The van der Waals surface area contributed by atoms with Crippen LogP contribution in [0.5, 0.6) is 0 Å². The average Bonchev–Trinajstić information content (AvgIpc) is 2.65. The van der Waals surface area contributed by atoms with Crippen LogP contribution in [0.3, 0.4) is 0 Å². The van der Waals surface area contributed by atoms with Crippen molar-refractivity contribution in [2.75, 3.05) is 38.5 Å². The van der Waals surface area contributed by atoms with E-state index < -0.39 is 10.0 Å². The monoisotopic (exact) mass is 387 g/mol. The maximum atomic E-state index is 12.5. The molecule has 2 saturated heterocycles. The van der Waals surface area contributed by atoms with Crippen LogP contribution in [0.1, 0.15) is 65.2 Å². The molecule has 0 spiro atoms. The van der Waals surface area contributed by atoms with E-state index in [0.29, 0.717) is 32.1 Å². The Bertz CT molecular complexity index is 538. The van der Waals surface area contributed by atoms with Crippen molar-refractivity contribution in [3.05, 3.63) is 0 Å². The first-order chi connectivity index (χ1) is 12.5. The summed E-state index contributed by atoms with van der Waals surface area (Å²) in [6.45, 7) is 7.94. The second-order valence-corrected chi connectivity index (χ2v) is 9.84. The number of hydrogen-bond acceptors (Lipinski definition) is 4. The zero-order chi connectivity index (χ0) is 19.0. The Morgan fingerprint density at radius 3 is 2.65 bits per heavy atom. The number of sulfonamides is 1. The highest BCUT2D eigenvalue weighted by atomic mass is 32.2. The largest absolute Gasteiger partial charge is 0.356 e. The molecular weight excluding hydrogens is 350 g/mol. The highest BCUT2D eigenvalue weighted by Crippen LogP contribution is 2.21. The molecule has 2 atom stereocenters. The lowest BCUT2D eigenvalue weighted by Gasteiger charge is -2.35. The summed E-state index contributed by atoms with van der Waals surface area (Å²) in [7, 11) is -3.20. The highest BCUT2D eigenvalue weighted by Gasteiger charge is 2.31. The van der Waals surface area contributed by atoms with E-state index in [4.69, 9.17) is 0 Å². The van der Waals surface area contributed by atoms with Crippen LogP contribution < -0.4 is 5.32 Å². The Hall–Kier alpha value is -0.660. The van der Waals surface area contributed by atoms with Crippen molar-refractivity contribution >= 4 is 15.9 Å². The second-order valence-electron chi connectivity index (χ2n) is 7.75. The summed E-state index contributed by atoms with van der Waals surface area (Å²) in [4.78, 5) is 15.0. The van der Waals surface area contributed by atoms with Gasteiger partial charge in [0.15, 0.2) is 0 Å². The number of piperidine rings is 2. The van der Waals surface area contributed by atoms with Gasteiger partial charge in [0, 0.05) is 32.2 Å². The molecule has 2 rings (SSSR count). The predicted molar refractivity (Wildman–Crippen MR) is 106 cm³/mol. The maximum absolute atomic E-state index is 12.5. The summed E-state index contributed by atoms with van der Waals surface area (Å²) in [5, 5.41) is 3.04. The molecule has 0 aliphatic carbocycles. The second kappa shape index (κ2) is 10.6. The third-order valence-electron chi connectivity index (χ3n) is 5.75. The number of carbonyl (C=O) groups is 1. The van der Waals surface area contributed by atoms with Gasteiger partial charge in [-0.3, -0.25) is 4.79 Å². The van der Waals surface area contributed by atoms with Crippen molar-refractivity contribution in [2.24, 2.45) is 5.92 Å². The number of carbonyl (C=O) groups excluding carboxylic acids is 1. The normalized spacial score (nSPS) is 25.9. The lowest BCUT2D eigenvalue weighted by molar-refractivity contribution is -0.126. The number of hydrogen-bond donors (Lipinski definition) is 1. The van der Waals surface area contributed by atoms with Crippen molar-refractivity contribution in [2.45, 2.75) is 71.3 Å². The molecule has 26 heavy (non-hydrogen) atoms. The van der Waals surface area contributed by atoms with Crippen molar-refractivity contribution < 1.29 is 13.2 Å². The molecule has 2 unspecified atom stereocenters. The molecule has 7 heteroatoms. The Morgan fingerprint density at radius 1 is 1.12 bits per heavy atom. The molecule has 0 aromatic rings. The summed E-state index contributed by atoms with van der Waals surface area (Å²) in [6.07, 6.45) is 8.26. The van der Waals surface area contributed by atoms with E-state index in [1.165, 1.54) is 36.5 Å². The number of likely N-dealkylation sites (tertiary alicyclic amines) is 1. The minimum atomic E-state index is -3.20. The fourth-order valence-corrected chi connectivity index (χ4v) is 5.84. The van der Waals surface area contributed by atoms with Gasteiger partial charge in [0.1, 0.15) is 0 Å². The summed E-state index contributed by atoms with van der Waals surface area (Å²) in [5.74, 6) is -0.00342. The van der Waals surface area contributed by atoms with E-state index in [9.17, 15) is 13.2 Å². The summed E-state index contributed by atoms with van der Waals surface area (Å²) in [5.41, 5.74) is 0. The molecular formula is C19H37N3O3S. The van der Waals surface area contributed by atoms with E-state index in [1.54, 1.807) is 0 Å². The van der Waals surface area contributed by atoms with Crippen molar-refractivity contribution in [3.63, 3.8) is 0 Å². The van der Waals surface area contributed by atoms with Crippen LogP contribution in [0.4, 0.5) is 0 Å². The van der Waals surface area contributed by atoms with Crippen LogP contribution in [-0.4, -0.2) is 68.0 Å². The van der Waals surface area contributed by atoms with Crippen LogP contribution in [0.2, 0.25) is 0 Å². The molecule has 1 amide bonds. The molecule has 2 fully saturated rings. The molecule has 0 aromatic heterocycles. The summed E-state index contributed by atoms with van der Waals surface area (Å²) < 4.78 is 26.0. The average molecular weight is 388 g/mol. The van der Waals surface area contributed by atoms with Gasteiger partial charge in [-0.05, 0) is 51.5 Å². The van der Waals surface area contributed by atoms with Gasteiger partial charge in [0.25, 0.3) is 0 Å². The van der Waals surface area contributed by atoms with Crippen LogP contribution in [0.25, 0.3) is 0 Å². The Labute approximate surface area is 159 Å². The van der Waals surface area contributed by atoms with Crippen LogP contribution >= 0.6 is 0 Å². The molecule has 6 nitrogen and oxygen atoms in total. The molecule has 2 aliphatic heterocycles. The molecule has 0 radical (unpaired) electrons. The molecule has 0 aromatic carbocycles. The Kier molecular flexibility index (Phi) is 8.84. The SMILES string of the molecule is CCCS(=O)(=O)N1CCCC(C(=O)NCCCN2CCCCC2CC)C1. The van der Waals surface area contributed by atoms with Gasteiger partial charge in [0.2, 0.25) is 15.9 Å². The summed E-state index contributed by atoms with van der Waals surface area (Å²) in [6, 6.07) is 0.704. The van der Waals surface area contributed by atoms with Crippen LogP contribution in [-0.2, 0) is 14.8 Å². The zero-order valence-electron chi connectivity index (χ0n) is 16.6. The van der Waals surface area contributed by atoms with E-state index in [0.717, 1.165) is 25.8 Å². The van der Waals surface area contributed by atoms with Gasteiger partial charge in [-0.25, -0.2) is 12.7 Å². The first-order valence-electron chi connectivity index (χ1n) is 10.5. The number of amides is 1. The smallest absolute Gasteiger partial charge is 0.224 e. The van der Waals surface area contributed by atoms with Crippen LogP contribution in [0, 0.1) is 5.92 Å². The minimum absolute atomic E-state index is 0.0204. The van der Waals surface area contributed by atoms with E-state index in [1.807, 2.05) is 6.92 Å². The fourth-order valence-electron chi connectivity index (χ4n) is 4.25. The molecule has 152 valence electrons. The van der Waals surface area contributed by atoms with Crippen molar-refractivity contribution in [1.29, 1.82) is 0 Å². The molecule has 1 N–H and O–H groups in total. The molecule has 2 aliphatic rings. The highest BCUT2D eigenvalue weighted by molar-refractivity contribution is 7.89. The maximum Gasteiger partial charge on any atom is 0.224 e. The van der Waals surface area contributed by atoms with Crippen molar-refractivity contribution in [1.82, 2.24) is 14.5 Å². The lowest BCUT2D eigenvalue weighted by Crippen LogP contribution is -2.46. The predicted octanol–water partition coefficient (Wildman–Crippen LogP) is 2.21. The van der Waals surface area contributed by atoms with Crippen LogP contribution in [0.15, 0.2) is 0 Å². The third-order valence-corrected chi connectivity index (χ3v) is 7.79. The first kappa shape index (κ1) is 21.6. The number of nitrogens with one attached hydrogen (secondary N) is 1. The number of rotatable bonds is 9. The Morgan fingerprint density at radius 2 is 1.92 bits per heavy atom. The molecule has 0 saturated carbocycles. The van der Waals surface area contributed by atoms with Gasteiger partial charge in [-0.15, -0.1) is 0 Å². The zero-order valence-corrected chi connectivity index (χ0v) is 17.4. The Balaban J connectivity index is 1.72. The standard InChI is InChI=1S/C19H37N3O3S/c1-3-15-26(24,25)22-14-7-9-17(16-22)19(23)20-11-8-13-21-12-6-5-10-18(21)4-2/h17-18H,3-16H2,1-2H3,(H,20,23). The first-order valence-corrected chi connectivity index (χ1v) is 12.1. The number of nitrogens with zero attached hydrogens (tertiary/aromatic N) is 2. The lowest BCUT2D eigenvalue weighted by atomic mass is 9.98. The van der Waals surface area contributed by atoms with Gasteiger partial charge >= 0.3 is 0 Å². The van der Waals surface area contributed by atoms with E-state index in [2.05, 4.69) is 17.1 Å². The third kappa shape index (κ3) is 6.20. The molecule has 2 heterocycles. The fraction of sp³-hybridized carbons (Fsp3) is 0.947. The summed E-state index contributed by atoms with van der Waals surface area (Å²) >= 11 is 0. The van der Waals surface area contributed by atoms with Gasteiger partial charge in [-0.1, -0.05) is 20.3 Å². The van der Waals surface area contributed by atoms with Gasteiger partial charge in [0.05, 0.1) is 11.7 Å². The van der Waals surface area contributed by atoms with Crippen molar-refractivity contribution in [3.8, 4) is 0 Å². The van der Waals surface area contributed by atoms with Gasteiger partial charge in [-0.2, -0.15) is 0 Å². The van der Waals surface area contributed by atoms with E-state index in [-0.39, 0.29) is 17.6 Å². The minimum Gasteiger partial charge on any atom is -0.356 e. The quantitative estimate of drug-likeness (QED) is 0.616. The molecule has 0 bridgehead atoms.